The Balaban J connectivity index is 2.57. The summed E-state index contributed by atoms with van der Waals surface area (Å²) in [5.74, 6) is 0.147. The lowest BCUT2D eigenvalue weighted by atomic mass is 10.3. The summed E-state index contributed by atoms with van der Waals surface area (Å²) in [6, 6.07) is 3.28. The van der Waals surface area contributed by atoms with E-state index < -0.39 is 19.2 Å². The molecule has 1 N–H and O–H groups in total. The van der Waals surface area contributed by atoms with E-state index in [1.54, 1.807) is 6.07 Å². The fourth-order valence-corrected chi connectivity index (χ4v) is 1.41. The summed E-state index contributed by atoms with van der Waals surface area (Å²) in [7, 11) is 0. The Bertz CT molecular complexity index is 410. The van der Waals surface area contributed by atoms with Crippen LogP contribution in [0.15, 0.2) is 12.1 Å². The number of hydrogen-bond acceptors (Lipinski definition) is 3. The monoisotopic (exact) mass is 296 g/mol. The van der Waals surface area contributed by atoms with Crippen molar-refractivity contribution in [3.05, 3.63) is 22.8 Å². The van der Waals surface area contributed by atoms with Crippen LogP contribution in [0.1, 0.15) is 26.0 Å². The van der Waals surface area contributed by atoms with Crippen LogP contribution in [0.25, 0.3) is 0 Å². The van der Waals surface area contributed by atoms with E-state index in [2.05, 4.69) is 10.3 Å². The molecule has 1 aromatic rings. The normalized spacial score (nSPS) is 11.9. The molecule has 0 aliphatic carbocycles. The van der Waals surface area contributed by atoms with Crippen molar-refractivity contribution in [2.24, 2.45) is 0 Å². The number of ether oxygens (including phenoxy) is 1. The summed E-state index contributed by atoms with van der Waals surface area (Å²) in [4.78, 5) is 4.08. The molecule has 0 saturated carbocycles. The lowest BCUT2D eigenvalue weighted by Gasteiger charge is -2.11. The minimum Gasteiger partial charge on any atom is -0.477 e. The average molecular weight is 297 g/mol. The molecule has 1 rings (SSSR count). The van der Waals surface area contributed by atoms with Crippen LogP contribution in [-0.4, -0.2) is 23.8 Å². The Hall–Kier alpha value is -1.01. The second kappa shape index (κ2) is 6.96. The van der Waals surface area contributed by atoms with Crippen LogP contribution in [-0.2, 0) is 6.54 Å². The van der Waals surface area contributed by atoms with Gasteiger partial charge in [-0.25, -0.2) is 4.98 Å². The lowest BCUT2D eigenvalue weighted by molar-refractivity contribution is -0.139. The molecule has 0 saturated heterocycles. The maximum absolute atomic E-state index is 12.0. The molecule has 1 aromatic heterocycles. The van der Waals surface area contributed by atoms with E-state index in [1.165, 1.54) is 6.07 Å². The summed E-state index contributed by atoms with van der Waals surface area (Å²) in [6.07, 6.45) is -5.23. The van der Waals surface area contributed by atoms with Crippen molar-refractivity contribution in [3.63, 3.8) is 0 Å². The minimum atomic E-state index is -4.23. The van der Waals surface area contributed by atoms with Crippen LogP contribution in [0.3, 0.4) is 0 Å². The Morgan fingerprint density at radius 2 is 2.05 bits per heavy atom. The van der Waals surface area contributed by atoms with Crippen molar-refractivity contribution < 1.29 is 17.9 Å². The van der Waals surface area contributed by atoms with E-state index in [-0.39, 0.29) is 11.9 Å². The van der Waals surface area contributed by atoms with E-state index in [9.17, 15) is 13.2 Å². The molecule has 1 heterocycles. The number of pyridine rings is 1. The maximum Gasteiger partial charge on any atom is 0.392 e. The summed E-state index contributed by atoms with van der Waals surface area (Å²) >= 11 is 5.95. The van der Waals surface area contributed by atoms with Crippen molar-refractivity contribution >= 4 is 11.6 Å². The third kappa shape index (κ3) is 6.63. The zero-order chi connectivity index (χ0) is 14.5. The van der Waals surface area contributed by atoms with E-state index in [4.69, 9.17) is 16.3 Å². The van der Waals surface area contributed by atoms with Crippen LogP contribution in [0.5, 0.6) is 5.88 Å². The van der Waals surface area contributed by atoms with Gasteiger partial charge in [-0.15, -0.1) is 0 Å². The number of aromatic nitrogens is 1. The molecule has 0 atom stereocenters. The zero-order valence-corrected chi connectivity index (χ0v) is 11.5. The smallest absolute Gasteiger partial charge is 0.392 e. The van der Waals surface area contributed by atoms with Gasteiger partial charge in [0.25, 0.3) is 0 Å². The molecule has 0 aliphatic heterocycles. The Kier molecular flexibility index (Phi) is 5.87. The summed E-state index contributed by atoms with van der Waals surface area (Å²) in [6.45, 7) is 3.93. The molecule has 108 valence electrons. The molecule has 0 spiro atoms. The SMILES string of the molecule is CC(C)NCc1nc(OCCC(F)(F)F)ccc1Cl. The van der Waals surface area contributed by atoms with E-state index in [1.807, 2.05) is 13.8 Å². The van der Waals surface area contributed by atoms with Gasteiger partial charge in [-0.3, -0.25) is 0 Å². The number of nitrogens with zero attached hydrogens (tertiary/aromatic N) is 1. The number of halogens is 4. The second-order valence-corrected chi connectivity index (χ2v) is 4.73. The van der Waals surface area contributed by atoms with Gasteiger partial charge in [-0.2, -0.15) is 13.2 Å². The Morgan fingerprint density at radius 1 is 1.37 bits per heavy atom. The molecule has 3 nitrogen and oxygen atoms in total. The first-order chi connectivity index (χ1) is 8.78. The van der Waals surface area contributed by atoms with E-state index in [0.29, 0.717) is 17.3 Å². The molecule has 19 heavy (non-hydrogen) atoms. The predicted octanol–water partition coefficient (Wildman–Crippen LogP) is 3.56. The summed E-state index contributed by atoms with van der Waals surface area (Å²) in [5, 5.41) is 3.58. The van der Waals surface area contributed by atoms with E-state index in [0.717, 1.165) is 0 Å². The van der Waals surface area contributed by atoms with Gasteiger partial charge in [0.2, 0.25) is 5.88 Å². The van der Waals surface area contributed by atoms with Gasteiger partial charge in [0.05, 0.1) is 23.7 Å². The van der Waals surface area contributed by atoms with Gasteiger partial charge in [-0.1, -0.05) is 25.4 Å². The Labute approximate surface area is 115 Å². The van der Waals surface area contributed by atoms with Crippen molar-refractivity contribution in [1.82, 2.24) is 10.3 Å². The predicted molar refractivity (Wildman–Crippen MR) is 67.4 cm³/mol. The first-order valence-electron chi connectivity index (χ1n) is 5.86. The first-order valence-corrected chi connectivity index (χ1v) is 6.24. The van der Waals surface area contributed by atoms with Crippen molar-refractivity contribution in [2.45, 2.75) is 39.0 Å². The highest BCUT2D eigenvalue weighted by Crippen LogP contribution is 2.21. The number of hydrogen-bond donors (Lipinski definition) is 1. The largest absolute Gasteiger partial charge is 0.477 e. The van der Waals surface area contributed by atoms with Crippen LogP contribution in [0, 0.1) is 0 Å². The average Bonchev–Trinajstić information content (AvgIpc) is 2.27. The van der Waals surface area contributed by atoms with Gasteiger partial charge in [0.15, 0.2) is 0 Å². The first kappa shape index (κ1) is 16.0. The van der Waals surface area contributed by atoms with Crippen LogP contribution < -0.4 is 10.1 Å². The zero-order valence-electron chi connectivity index (χ0n) is 10.7. The lowest BCUT2D eigenvalue weighted by Crippen LogP contribution is -2.22. The quantitative estimate of drug-likeness (QED) is 0.871. The van der Waals surface area contributed by atoms with Gasteiger partial charge in [-0.05, 0) is 6.07 Å². The number of alkyl halides is 3. The fraction of sp³-hybridized carbons (Fsp3) is 0.583. The molecule has 0 bridgehead atoms. The molecule has 0 fully saturated rings. The molecule has 7 heteroatoms. The highest BCUT2D eigenvalue weighted by atomic mass is 35.5. The highest BCUT2D eigenvalue weighted by molar-refractivity contribution is 6.31. The Morgan fingerprint density at radius 3 is 2.63 bits per heavy atom. The van der Waals surface area contributed by atoms with E-state index >= 15 is 0 Å². The minimum absolute atomic E-state index is 0.147. The van der Waals surface area contributed by atoms with Gasteiger partial charge >= 0.3 is 6.18 Å². The summed E-state index contributed by atoms with van der Waals surface area (Å²) in [5.41, 5.74) is 0.555. The molecular formula is C12H16ClF3N2O. The standard InChI is InChI=1S/C12H16ClF3N2O/c1-8(2)17-7-10-9(13)3-4-11(18-10)19-6-5-12(14,15)16/h3-4,8,17H,5-7H2,1-2H3. The molecule has 0 radical (unpaired) electrons. The fourth-order valence-electron chi connectivity index (χ4n) is 1.24. The van der Waals surface area contributed by atoms with Crippen molar-refractivity contribution in [1.29, 1.82) is 0 Å². The van der Waals surface area contributed by atoms with Crippen molar-refractivity contribution in [2.75, 3.05) is 6.61 Å². The third-order valence-corrected chi connectivity index (χ3v) is 2.55. The highest BCUT2D eigenvalue weighted by Gasteiger charge is 2.26. The molecular weight excluding hydrogens is 281 g/mol. The van der Waals surface area contributed by atoms with Crippen LogP contribution in [0.4, 0.5) is 13.2 Å². The third-order valence-electron chi connectivity index (χ3n) is 2.21. The van der Waals surface area contributed by atoms with Crippen molar-refractivity contribution in [3.8, 4) is 5.88 Å². The maximum atomic E-state index is 12.0. The van der Waals surface area contributed by atoms with Crippen LogP contribution in [0.2, 0.25) is 5.02 Å². The number of nitrogens with one attached hydrogen (secondary N) is 1. The molecule has 0 unspecified atom stereocenters. The van der Waals surface area contributed by atoms with Crippen LogP contribution >= 0.6 is 11.6 Å². The molecule has 0 aromatic carbocycles. The topological polar surface area (TPSA) is 34.2 Å². The second-order valence-electron chi connectivity index (χ2n) is 4.33. The van der Waals surface area contributed by atoms with Gasteiger partial charge in [0.1, 0.15) is 0 Å². The summed E-state index contributed by atoms with van der Waals surface area (Å²) < 4.78 is 40.9. The molecule has 0 amide bonds. The number of rotatable bonds is 6. The van der Waals surface area contributed by atoms with Gasteiger partial charge in [0, 0.05) is 18.7 Å². The van der Waals surface area contributed by atoms with Gasteiger partial charge < -0.3 is 10.1 Å². The molecule has 0 aliphatic rings.